The first-order valence-electron chi connectivity index (χ1n) is 12.7. The lowest BCUT2D eigenvalue weighted by Crippen LogP contribution is -2.29. The Bertz CT molecular complexity index is 1650. The van der Waals surface area contributed by atoms with Crippen molar-refractivity contribution in [3.05, 3.63) is 93.1 Å². The minimum Gasteiger partial charge on any atom is -0.493 e. The minimum atomic E-state index is -0.805. The summed E-state index contributed by atoms with van der Waals surface area (Å²) in [6.45, 7) is 2.90. The summed E-state index contributed by atoms with van der Waals surface area (Å²) in [5.41, 5.74) is 1.25. The molecule has 3 aromatic carbocycles. The number of amides is 1. The van der Waals surface area contributed by atoms with E-state index in [0.29, 0.717) is 35.2 Å². The summed E-state index contributed by atoms with van der Waals surface area (Å²) in [5, 5.41) is 0.0722. The normalized spacial score (nSPS) is 15.6. The molecule has 1 aromatic heterocycles. The van der Waals surface area contributed by atoms with Crippen LogP contribution in [-0.4, -0.2) is 31.3 Å². The van der Waals surface area contributed by atoms with E-state index in [9.17, 15) is 14.0 Å². The van der Waals surface area contributed by atoms with Crippen LogP contribution >= 0.6 is 0 Å². The maximum Gasteiger partial charge on any atom is 0.291 e. The summed E-state index contributed by atoms with van der Waals surface area (Å²) in [5.74, 6) is 1.17. The molecule has 0 N–H and O–H groups in total. The van der Waals surface area contributed by atoms with E-state index in [0.717, 1.165) is 24.5 Å². The predicted molar refractivity (Wildman–Crippen MR) is 140 cm³/mol. The molecule has 1 atom stereocenters. The van der Waals surface area contributed by atoms with Gasteiger partial charge in [0.2, 0.25) is 12.6 Å². The summed E-state index contributed by atoms with van der Waals surface area (Å²) >= 11 is 0. The molecule has 39 heavy (non-hydrogen) atoms. The van der Waals surface area contributed by atoms with Gasteiger partial charge in [-0.25, -0.2) is 4.39 Å². The van der Waals surface area contributed by atoms with Crippen molar-refractivity contribution in [1.82, 2.24) is 4.90 Å². The maximum absolute atomic E-state index is 14.1. The van der Waals surface area contributed by atoms with Gasteiger partial charge in [-0.3, -0.25) is 9.59 Å². The Morgan fingerprint density at radius 2 is 1.85 bits per heavy atom. The number of ether oxygens (including phenoxy) is 4. The summed E-state index contributed by atoms with van der Waals surface area (Å²) < 4.78 is 42.4. The number of fused-ring (bicyclic) bond motifs is 3. The lowest BCUT2D eigenvalue weighted by atomic mass is 9.97. The molecule has 1 amide bonds. The molecule has 200 valence electrons. The monoisotopic (exact) mass is 531 g/mol. The van der Waals surface area contributed by atoms with E-state index in [1.165, 1.54) is 19.2 Å². The Kier molecular flexibility index (Phi) is 6.34. The minimum absolute atomic E-state index is 0.0629. The van der Waals surface area contributed by atoms with Crippen LogP contribution in [0, 0.1) is 5.82 Å². The van der Waals surface area contributed by atoms with Crippen LogP contribution in [0.3, 0.4) is 0 Å². The Hall–Kier alpha value is -4.53. The molecule has 6 rings (SSSR count). The average Bonchev–Trinajstić information content (AvgIpc) is 3.52. The summed E-state index contributed by atoms with van der Waals surface area (Å²) in [6.07, 6.45) is 1.88. The quantitative estimate of drug-likeness (QED) is 0.274. The largest absolute Gasteiger partial charge is 0.493 e. The second-order valence-electron chi connectivity index (χ2n) is 9.45. The summed E-state index contributed by atoms with van der Waals surface area (Å²) in [4.78, 5) is 29.1. The van der Waals surface area contributed by atoms with Gasteiger partial charge in [0, 0.05) is 6.54 Å². The molecule has 0 radical (unpaired) electrons. The van der Waals surface area contributed by atoms with E-state index >= 15 is 0 Å². The Morgan fingerprint density at radius 1 is 1.00 bits per heavy atom. The lowest BCUT2D eigenvalue weighted by Gasteiger charge is -2.26. The van der Waals surface area contributed by atoms with Gasteiger partial charge in [-0.15, -0.1) is 0 Å². The molecule has 8 nitrogen and oxygen atoms in total. The highest BCUT2D eigenvalue weighted by molar-refractivity contribution is 5.99. The van der Waals surface area contributed by atoms with Crippen molar-refractivity contribution >= 4 is 16.9 Å². The van der Waals surface area contributed by atoms with Crippen LogP contribution in [0.4, 0.5) is 4.39 Å². The van der Waals surface area contributed by atoms with E-state index in [4.69, 9.17) is 23.4 Å². The van der Waals surface area contributed by atoms with Crippen molar-refractivity contribution in [3.8, 4) is 23.0 Å². The first-order valence-corrected chi connectivity index (χ1v) is 12.7. The van der Waals surface area contributed by atoms with Crippen LogP contribution in [0.25, 0.3) is 11.0 Å². The number of benzene rings is 3. The molecule has 0 spiro atoms. The molecule has 0 bridgehead atoms. The standard InChI is InChI=1S/C30H26FNO7/c1-3-4-11-36-22-9-6-18(13-24(22)35-2)27-26-28(33)20-14-19(31)7-10-21(20)39-29(26)30(34)32(27)15-17-5-8-23-25(12-17)38-16-37-23/h5-10,12-14,27H,3-4,11,15-16H2,1-2H3. The number of unbranched alkanes of at least 4 members (excludes halogenated alkanes) is 1. The maximum atomic E-state index is 14.1. The molecule has 0 saturated heterocycles. The van der Waals surface area contributed by atoms with Gasteiger partial charge >= 0.3 is 0 Å². The molecular formula is C30H26FNO7. The highest BCUT2D eigenvalue weighted by atomic mass is 19.1. The van der Waals surface area contributed by atoms with Gasteiger partial charge in [-0.2, -0.15) is 0 Å². The number of hydrogen-bond acceptors (Lipinski definition) is 7. The second kappa shape index (κ2) is 9.98. The number of methoxy groups -OCH3 is 1. The first-order chi connectivity index (χ1) is 19.0. The van der Waals surface area contributed by atoms with Crippen LogP contribution < -0.4 is 24.4 Å². The van der Waals surface area contributed by atoms with Crippen molar-refractivity contribution in [2.45, 2.75) is 32.4 Å². The lowest BCUT2D eigenvalue weighted by molar-refractivity contribution is 0.0714. The van der Waals surface area contributed by atoms with Crippen molar-refractivity contribution in [2.24, 2.45) is 0 Å². The highest BCUT2D eigenvalue weighted by Gasteiger charge is 2.43. The topological polar surface area (TPSA) is 87.4 Å². The molecule has 1 unspecified atom stereocenters. The number of nitrogens with zero attached hydrogens (tertiary/aromatic N) is 1. The molecule has 0 fully saturated rings. The fourth-order valence-electron chi connectivity index (χ4n) is 5.04. The smallest absolute Gasteiger partial charge is 0.291 e. The van der Waals surface area contributed by atoms with E-state index in [2.05, 4.69) is 6.92 Å². The van der Waals surface area contributed by atoms with Crippen molar-refractivity contribution < 1.29 is 32.5 Å². The molecule has 3 heterocycles. The average molecular weight is 532 g/mol. The van der Waals surface area contributed by atoms with Gasteiger partial charge < -0.3 is 28.3 Å². The molecule has 4 aromatic rings. The zero-order chi connectivity index (χ0) is 27.1. The van der Waals surface area contributed by atoms with E-state index in [-0.39, 0.29) is 35.6 Å². The fraction of sp³-hybridized carbons (Fsp3) is 0.267. The number of halogens is 1. The third-order valence-corrected chi connectivity index (χ3v) is 6.98. The SMILES string of the molecule is CCCCOc1ccc(C2c3c(oc4ccc(F)cc4c3=O)C(=O)N2Cc2ccc3c(c2)OCO3)cc1OC. The number of carbonyl (C=O) groups is 1. The number of carbonyl (C=O) groups excluding carboxylic acids is 1. The van der Waals surface area contributed by atoms with Crippen LogP contribution in [0.1, 0.15) is 53.1 Å². The first kappa shape index (κ1) is 24.8. The van der Waals surface area contributed by atoms with Crippen LogP contribution in [0.2, 0.25) is 0 Å². The molecule has 0 aliphatic carbocycles. The van der Waals surface area contributed by atoms with Gasteiger partial charge in [0.1, 0.15) is 11.4 Å². The van der Waals surface area contributed by atoms with Crippen LogP contribution in [0.15, 0.2) is 63.8 Å². The van der Waals surface area contributed by atoms with Crippen molar-refractivity contribution in [2.75, 3.05) is 20.5 Å². The Balaban J connectivity index is 1.48. The zero-order valence-electron chi connectivity index (χ0n) is 21.5. The summed E-state index contributed by atoms with van der Waals surface area (Å²) in [6, 6.07) is 13.7. The van der Waals surface area contributed by atoms with Gasteiger partial charge in [-0.1, -0.05) is 25.5 Å². The number of hydrogen-bond donors (Lipinski definition) is 0. The Labute approximate surface area is 223 Å². The summed E-state index contributed by atoms with van der Waals surface area (Å²) in [7, 11) is 1.54. The van der Waals surface area contributed by atoms with Crippen LogP contribution in [0.5, 0.6) is 23.0 Å². The van der Waals surface area contributed by atoms with Gasteiger partial charge in [-0.05, 0) is 60.0 Å². The number of rotatable bonds is 8. The van der Waals surface area contributed by atoms with E-state index < -0.39 is 23.2 Å². The van der Waals surface area contributed by atoms with Gasteiger partial charge in [0.25, 0.3) is 5.91 Å². The Morgan fingerprint density at radius 3 is 2.67 bits per heavy atom. The second-order valence-corrected chi connectivity index (χ2v) is 9.45. The van der Waals surface area contributed by atoms with E-state index in [1.807, 2.05) is 12.1 Å². The molecule has 0 saturated carbocycles. The molecular weight excluding hydrogens is 505 g/mol. The van der Waals surface area contributed by atoms with E-state index in [1.54, 1.807) is 29.2 Å². The molecule has 9 heteroatoms. The van der Waals surface area contributed by atoms with Crippen LogP contribution in [-0.2, 0) is 6.54 Å². The van der Waals surface area contributed by atoms with Crippen molar-refractivity contribution in [3.63, 3.8) is 0 Å². The fourth-order valence-corrected chi connectivity index (χ4v) is 5.04. The molecule has 2 aliphatic heterocycles. The zero-order valence-corrected chi connectivity index (χ0v) is 21.5. The molecule has 2 aliphatic rings. The predicted octanol–water partition coefficient (Wildman–Crippen LogP) is 5.59. The van der Waals surface area contributed by atoms with Crippen molar-refractivity contribution in [1.29, 1.82) is 0 Å². The third-order valence-electron chi connectivity index (χ3n) is 6.98. The van der Waals surface area contributed by atoms with Gasteiger partial charge in [0.05, 0.1) is 30.7 Å². The highest BCUT2D eigenvalue weighted by Crippen LogP contribution is 2.42. The van der Waals surface area contributed by atoms with Gasteiger partial charge in [0.15, 0.2) is 28.4 Å². The third kappa shape index (κ3) is 4.33.